The van der Waals surface area contributed by atoms with Crippen molar-refractivity contribution < 1.29 is 33.2 Å². The molecule has 0 radical (unpaired) electrons. The number of alkyl carbamates (subject to hydrolysis) is 1. The second kappa shape index (κ2) is 27.1. The number of hydrogen-bond acceptors (Lipinski definition) is 7. The molecule has 1 aromatic heterocycles. The smallest absolute Gasteiger partial charge is 0.417 e. The molecule has 0 aliphatic heterocycles. The molecule has 1 unspecified atom stereocenters. The van der Waals surface area contributed by atoms with Crippen molar-refractivity contribution in [3.63, 3.8) is 0 Å². The van der Waals surface area contributed by atoms with Crippen molar-refractivity contribution in [1.82, 2.24) is 10.2 Å². The normalized spacial score (nSPS) is 11.7. The SMILES string of the molecule is CCCCCCCCCCCCCCCCCCNC(=O)OCC(COC(=O)N(Cc1scc[n+]1CCCC)C(C)=O)OC. The fraction of sp³-hybridized carbons (Fsp3) is 0.824. The molecule has 0 saturated carbocycles. The summed E-state index contributed by atoms with van der Waals surface area (Å²) in [6.45, 7) is 7.08. The first-order valence-electron chi connectivity index (χ1n) is 17.3. The van der Waals surface area contributed by atoms with Gasteiger partial charge in [0, 0.05) is 27.0 Å². The van der Waals surface area contributed by atoms with E-state index in [9.17, 15) is 14.4 Å². The highest BCUT2D eigenvalue weighted by molar-refractivity contribution is 7.09. The molecule has 0 saturated heterocycles. The Bertz CT molecular complexity index is 881. The Morgan fingerprint density at radius 3 is 1.84 bits per heavy atom. The molecule has 1 atom stereocenters. The summed E-state index contributed by atoms with van der Waals surface area (Å²) < 4.78 is 18.0. The van der Waals surface area contributed by atoms with Gasteiger partial charge in [-0.2, -0.15) is 4.57 Å². The number of thiazole rings is 1. The lowest BCUT2D eigenvalue weighted by Crippen LogP contribution is -2.42. The molecule has 0 spiro atoms. The summed E-state index contributed by atoms with van der Waals surface area (Å²) in [5.74, 6) is -0.399. The first-order valence-corrected chi connectivity index (χ1v) is 18.1. The summed E-state index contributed by atoms with van der Waals surface area (Å²) in [5, 5.41) is 5.62. The van der Waals surface area contributed by atoms with Gasteiger partial charge in [0.25, 0.3) is 5.01 Å². The zero-order chi connectivity index (χ0) is 32.3. The van der Waals surface area contributed by atoms with Crippen molar-refractivity contribution in [3.05, 3.63) is 16.6 Å². The Balaban J connectivity index is 2.10. The van der Waals surface area contributed by atoms with Crippen LogP contribution in [0.4, 0.5) is 9.59 Å². The first-order chi connectivity index (χ1) is 21.4. The van der Waals surface area contributed by atoms with Crippen LogP contribution in [0.25, 0.3) is 0 Å². The minimum atomic E-state index is -0.747. The fourth-order valence-electron chi connectivity index (χ4n) is 4.94. The Labute approximate surface area is 271 Å². The van der Waals surface area contributed by atoms with Crippen LogP contribution < -0.4 is 9.88 Å². The van der Waals surface area contributed by atoms with E-state index in [0.29, 0.717) is 6.54 Å². The summed E-state index contributed by atoms with van der Waals surface area (Å²) in [6, 6.07) is 0. The number of hydrogen-bond donors (Lipinski definition) is 1. The molecule has 9 nitrogen and oxygen atoms in total. The van der Waals surface area contributed by atoms with Gasteiger partial charge in [-0.1, -0.05) is 128 Å². The minimum absolute atomic E-state index is 0.0589. The zero-order valence-corrected chi connectivity index (χ0v) is 29.1. The van der Waals surface area contributed by atoms with Gasteiger partial charge in [-0.3, -0.25) is 4.79 Å². The largest absolute Gasteiger partial charge is 0.447 e. The third kappa shape index (κ3) is 20.0. The lowest BCUT2D eigenvalue weighted by molar-refractivity contribution is -0.700. The number of carbonyl (C=O) groups is 3. The quantitative estimate of drug-likeness (QED) is 0.0767. The van der Waals surface area contributed by atoms with Crippen LogP contribution in [0.3, 0.4) is 0 Å². The van der Waals surface area contributed by atoms with Gasteiger partial charge in [0.15, 0.2) is 6.20 Å². The first kappa shape index (κ1) is 39.8. The highest BCUT2D eigenvalue weighted by Gasteiger charge is 2.26. The van der Waals surface area contributed by atoms with Gasteiger partial charge in [-0.05, 0) is 6.42 Å². The van der Waals surface area contributed by atoms with E-state index in [1.165, 1.54) is 115 Å². The fourth-order valence-corrected chi connectivity index (χ4v) is 5.79. The number of rotatable bonds is 27. The maximum Gasteiger partial charge on any atom is 0.417 e. The van der Waals surface area contributed by atoms with E-state index < -0.39 is 24.2 Å². The van der Waals surface area contributed by atoms with Gasteiger partial charge in [0.05, 0.1) is 5.38 Å². The number of unbranched alkanes of at least 4 members (excludes halogenated alkanes) is 16. The molecule has 0 bridgehead atoms. The van der Waals surface area contributed by atoms with Crippen LogP contribution >= 0.6 is 11.3 Å². The molecular formula is C34H62N3O6S+. The second-order valence-electron chi connectivity index (χ2n) is 11.7. The van der Waals surface area contributed by atoms with Gasteiger partial charge in [-0.25, -0.2) is 14.5 Å². The predicted octanol–water partition coefficient (Wildman–Crippen LogP) is 8.32. The van der Waals surface area contributed by atoms with E-state index >= 15 is 0 Å². The van der Waals surface area contributed by atoms with Gasteiger partial charge < -0.3 is 19.5 Å². The maximum absolute atomic E-state index is 12.7. The summed E-state index contributed by atoms with van der Waals surface area (Å²) in [4.78, 5) is 38.0. The predicted molar refractivity (Wildman–Crippen MR) is 177 cm³/mol. The molecule has 1 heterocycles. The molecule has 1 aromatic rings. The number of aryl methyl sites for hydroxylation is 1. The highest BCUT2D eigenvalue weighted by Crippen LogP contribution is 2.14. The topological polar surface area (TPSA) is 98.0 Å². The van der Waals surface area contributed by atoms with Gasteiger partial charge in [0.2, 0.25) is 5.91 Å². The van der Waals surface area contributed by atoms with E-state index in [1.54, 1.807) is 0 Å². The van der Waals surface area contributed by atoms with E-state index in [1.807, 2.05) is 11.6 Å². The van der Waals surface area contributed by atoms with Crippen LogP contribution in [0.15, 0.2) is 11.6 Å². The number of nitrogens with zero attached hydrogens (tertiary/aromatic N) is 2. The van der Waals surface area contributed by atoms with Crippen LogP contribution in [-0.2, 0) is 32.1 Å². The number of imide groups is 1. The van der Waals surface area contributed by atoms with Crippen molar-refractivity contribution in [2.75, 3.05) is 26.9 Å². The molecule has 3 amide bonds. The lowest BCUT2D eigenvalue weighted by Gasteiger charge is -2.20. The van der Waals surface area contributed by atoms with Gasteiger partial charge >= 0.3 is 12.2 Å². The van der Waals surface area contributed by atoms with E-state index in [0.717, 1.165) is 42.1 Å². The number of amides is 3. The molecule has 10 heteroatoms. The Morgan fingerprint density at radius 2 is 1.32 bits per heavy atom. The Kier molecular flexibility index (Phi) is 24.6. The van der Waals surface area contributed by atoms with Crippen molar-refractivity contribution in [1.29, 1.82) is 0 Å². The van der Waals surface area contributed by atoms with Crippen molar-refractivity contribution in [3.8, 4) is 0 Å². The van der Waals surface area contributed by atoms with Gasteiger partial charge in [0.1, 0.15) is 32.4 Å². The number of nitrogens with one attached hydrogen (secondary N) is 1. The molecular weight excluding hydrogens is 578 g/mol. The molecule has 1 N–H and O–H groups in total. The van der Waals surface area contributed by atoms with Crippen LogP contribution in [0.5, 0.6) is 0 Å². The van der Waals surface area contributed by atoms with Crippen molar-refractivity contribution in [2.24, 2.45) is 0 Å². The Hall–Kier alpha value is -2.20. The van der Waals surface area contributed by atoms with Crippen LogP contribution in [0.2, 0.25) is 0 Å². The van der Waals surface area contributed by atoms with E-state index in [4.69, 9.17) is 14.2 Å². The van der Waals surface area contributed by atoms with Crippen molar-refractivity contribution >= 4 is 29.4 Å². The van der Waals surface area contributed by atoms with Crippen LogP contribution in [0.1, 0.15) is 141 Å². The number of methoxy groups -OCH3 is 1. The maximum atomic E-state index is 12.7. The van der Waals surface area contributed by atoms with Crippen LogP contribution in [0, 0.1) is 0 Å². The van der Waals surface area contributed by atoms with E-state index in [-0.39, 0.29) is 19.8 Å². The monoisotopic (exact) mass is 640 g/mol. The molecule has 1 rings (SSSR count). The second-order valence-corrected chi connectivity index (χ2v) is 12.7. The molecule has 0 fully saturated rings. The minimum Gasteiger partial charge on any atom is -0.447 e. The molecule has 0 aromatic carbocycles. The standard InChI is InChI=1S/C34H61N3O6S/c1-5-7-9-10-11-12-13-14-15-16-17-18-19-20-21-22-23-35-33(39)42-28-31(41-4)29-43-34(40)37(30(3)38)27-32-36(24-8-6-2)25-26-44-32/h25-26,31H,5-24,27-29H2,1-4H3/p+1. The molecule has 254 valence electrons. The van der Waals surface area contributed by atoms with Gasteiger partial charge in [-0.15, -0.1) is 0 Å². The molecule has 0 aliphatic rings. The van der Waals surface area contributed by atoms with E-state index in [2.05, 4.69) is 23.7 Å². The summed E-state index contributed by atoms with van der Waals surface area (Å²) in [5.41, 5.74) is 0. The average molecular weight is 641 g/mol. The zero-order valence-electron chi connectivity index (χ0n) is 28.2. The molecule has 44 heavy (non-hydrogen) atoms. The third-order valence-corrected chi connectivity index (χ3v) is 8.73. The summed E-state index contributed by atoms with van der Waals surface area (Å²) in [7, 11) is 1.46. The average Bonchev–Trinajstić information content (AvgIpc) is 3.46. The lowest BCUT2D eigenvalue weighted by atomic mass is 10.0. The Morgan fingerprint density at radius 1 is 0.795 bits per heavy atom. The third-order valence-electron chi connectivity index (χ3n) is 7.84. The number of ether oxygens (including phenoxy) is 3. The molecule has 0 aliphatic carbocycles. The summed E-state index contributed by atoms with van der Waals surface area (Å²) in [6.07, 6.45) is 23.1. The number of carbonyl (C=O) groups excluding carboxylic acids is 3. The summed E-state index contributed by atoms with van der Waals surface area (Å²) >= 11 is 1.49. The highest BCUT2D eigenvalue weighted by atomic mass is 32.1. The number of aromatic nitrogens is 1. The van der Waals surface area contributed by atoms with Crippen LogP contribution in [-0.4, -0.2) is 56.0 Å². The van der Waals surface area contributed by atoms with Crippen molar-refractivity contribution in [2.45, 2.75) is 156 Å².